The minimum Gasteiger partial charge on any atom is -0.396 e. The zero-order valence-corrected chi connectivity index (χ0v) is 11.4. The van der Waals surface area contributed by atoms with Crippen molar-refractivity contribution in [3.63, 3.8) is 0 Å². The van der Waals surface area contributed by atoms with Crippen LogP contribution in [0.3, 0.4) is 0 Å². The summed E-state index contributed by atoms with van der Waals surface area (Å²) in [5.74, 6) is 0.393. The number of hydrogen-bond donors (Lipinski definition) is 2. The fourth-order valence-electron chi connectivity index (χ4n) is 1.72. The monoisotopic (exact) mass is 289 g/mol. The summed E-state index contributed by atoms with van der Waals surface area (Å²) in [5.41, 5.74) is 6.84. The molecule has 3 rings (SSSR count). The highest BCUT2D eigenvalue weighted by Crippen LogP contribution is 2.30. The molecule has 20 heavy (non-hydrogen) atoms. The zero-order valence-electron chi connectivity index (χ0n) is 10.6. The Morgan fingerprint density at radius 3 is 2.95 bits per heavy atom. The SMILES string of the molecule is Cn1cnnc1CNC(=O)c1sc2nccnc2c1N. The van der Waals surface area contributed by atoms with Crippen LogP contribution in [0, 0.1) is 0 Å². The topological polar surface area (TPSA) is 112 Å². The summed E-state index contributed by atoms with van der Waals surface area (Å²) in [6.45, 7) is 0.282. The van der Waals surface area contributed by atoms with Gasteiger partial charge in [0.2, 0.25) is 0 Å². The second-order valence-corrected chi connectivity index (χ2v) is 5.09. The van der Waals surface area contributed by atoms with E-state index in [1.807, 2.05) is 7.05 Å². The fraction of sp³-hybridized carbons (Fsp3) is 0.182. The Morgan fingerprint density at radius 1 is 1.45 bits per heavy atom. The van der Waals surface area contributed by atoms with E-state index in [2.05, 4.69) is 25.5 Å². The molecule has 1 amide bonds. The molecule has 102 valence electrons. The number of hydrogen-bond acceptors (Lipinski definition) is 7. The molecule has 0 saturated carbocycles. The maximum absolute atomic E-state index is 12.1. The van der Waals surface area contributed by atoms with Crippen LogP contribution in [0.4, 0.5) is 5.69 Å². The molecule has 0 unspecified atom stereocenters. The van der Waals surface area contributed by atoms with Crippen LogP contribution in [0.2, 0.25) is 0 Å². The van der Waals surface area contributed by atoms with Crippen LogP contribution in [0.25, 0.3) is 10.3 Å². The van der Waals surface area contributed by atoms with Gasteiger partial charge in [0.1, 0.15) is 21.6 Å². The molecule has 0 spiro atoms. The van der Waals surface area contributed by atoms with Crippen LogP contribution in [-0.4, -0.2) is 30.6 Å². The first kappa shape index (κ1) is 12.5. The molecule has 0 fully saturated rings. The van der Waals surface area contributed by atoms with E-state index in [0.29, 0.717) is 26.7 Å². The number of amides is 1. The normalized spacial score (nSPS) is 10.8. The number of carbonyl (C=O) groups is 1. The van der Waals surface area contributed by atoms with Crippen molar-refractivity contribution in [3.05, 3.63) is 29.4 Å². The largest absolute Gasteiger partial charge is 0.396 e. The first-order valence-corrected chi connectivity index (χ1v) is 6.58. The Labute approximate surface area is 117 Å². The maximum atomic E-state index is 12.1. The highest BCUT2D eigenvalue weighted by atomic mass is 32.1. The number of fused-ring (bicyclic) bond motifs is 1. The van der Waals surface area contributed by atoms with Gasteiger partial charge < -0.3 is 15.6 Å². The summed E-state index contributed by atoms with van der Waals surface area (Å²) in [6, 6.07) is 0. The second kappa shape index (κ2) is 4.85. The first-order valence-electron chi connectivity index (χ1n) is 5.77. The Balaban J connectivity index is 1.82. The quantitative estimate of drug-likeness (QED) is 0.718. The van der Waals surface area contributed by atoms with Crippen LogP contribution in [0.1, 0.15) is 15.5 Å². The van der Waals surface area contributed by atoms with E-state index in [0.717, 1.165) is 0 Å². The number of nitrogens with two attached hydrogens (primary N) is 1. The number of thiophene rings is 1. The average molecular weight is 289 g/mol. The van der Waals surface area contributed by atoms with E-state index in [9.17, 15) is 4.79 Å². The van der Waals surface area contributed by atoms with Crippen molar-refractivity contribution in [2.24, 2.45) is 7.05 Å². The predicted molar refractivity (Wildman–Crippen MR) is 74.0 cm³/mol. The molecule has 3 aromatic rings. The number of anilines is 1. The summed E-state index contributed by atoms with van der Waals surface area (Å²) in [4.78, 5) is 21.5. The molecule has 0 bridgehead atoms. The number of nitrogen functional groups attached to an aromatic ring is 1. The molecule has 9 heteroatoms. The van der Waals surface area contributed by atoms with Gasteiger partial charge in [-0.1, -0.05) is 0 Å². The lowest BCUT2D eigenvalue weighted by atomic mass is 10.3. The third-order valence-electron chi connectivity index (χ3n) is 2.78. The van der Waals surface area contributed by atoms with Crippen molar-refractivity contribution < 1.29 is 4.79 Å². The van der Waals surface area contributed by atoms with Crippen molar-refractivity contribution in [2.45, 2.75) is 6.54 Å². The van der Waals surface area contributed by atoms with Gasteiger partial charge in [-0.3, -0.25) is 4.79 Å². The number of aryl methyl sites for hydroxylation is 1. The van der Waals surface area contributed by atoms with Crippen LogP contribution in [0.15, 0.2) is 18.7 Å². The molecule has 0 saturated heterocycles. The van der Waals surface area contributed by atoms with E-state index in [1.54, 1.807) is 23.3 Å². The predicted octanol–water partition coefficient (Wildman–Crippen LogP) is 0.332. The van der Waals surface area contributed by atoms with Gasteiger partial charge >= 0.3 is 0 Å². The zero-order chi connectivity index (χ0) is 14.1. The third-order valence-corrected chi connectivity index (χ3v) is 3.88. The number of nitrogens with one attached hydrogen (secondary N) is 1. The summed E-state index contributed by atoms with van der Waals surface area (Å²) < 4.78 is 1.73. The van der Waals surface area contributed by atoms with Gasteiger partial charge in [-0.2, -0.15) is 0 Å². The minimum absolute atomic E-state index is 0.268. The van der Waals surface area contributed by atoms with Gasteiger partial charge in [0, 0.05) is 19.4 Å². The van der Waals surface area contributed by atoms with E-state index in [1.165, 1.54) is 11.3 Å². The van der Waals surface area contributed by atoms with Gasteiger partial charge in [-0.25, -0.2) is 9.97 Å². The van der Waals surface area contributed by atoms with Crippen LogP contribution < -0.4 is 11.1 Å². The maximum Gasteiger partial charge on any atom is 0.264 e. The molecule has 3 heterocycles. The summed E-state index contributed by atoms with van der Waals surface area (Å²) in [5, 5.41) is 10.4. The standard InChI is InChI=1S/C11H11N7OS/c1-18-5-16-17-6(18)4-15-10(19)9-7(12)8-11(20-9)14-3-2-13-8/h2-3,5H,4,12H2,1H3,(H,15,19). The number of nitrogens with zero attached hydrogens (tertiary/aromatic N) is 5. The van der Waals surface area contributed by atoms with Gasteiger partial charge in [-0.05, 0) is 0 Å². The molecular formula is C11H11N7OS. The molecule has 3 N–H and O–H groups in total. The molecule has 0 aliphatic heterocycles. The van der Waals surface area contributed by atoms with Crippen molar-refractivity contribution in [2.75, 3.05) is 5.73 Å². The van der Waals surface area contributed by atoms with Crippen molar-refractivity contribution in [3.8, 4) is 0 Å². The van der Waals surface area contributed by atoms with Crippen LogP contribution >= 0.6 is 11.3 Å². The highest BCUT2D eigenvalue weighted by Gasteiger charge is 2.18. The number of aromatic nitrogens is 5. The smallest absolute Gasteiger partial charge is 0.264 e. The lowest BCUT2D eigenvalue weighted by Crippen LogP contribution is -2.24. The van der Waals surface area contributed by atoms with E-state index < -0.39 is 0 Å². The molecular weight excluding hydrogens is 278 g/mol. The van der Waals surface area contributed by atoms with Crippen LogP contribution in [0.5, 0.6) is 0 Å². The Kier molecular flexibility index (Phi) is 3.03. The summed E-state index contributed by atoms with van der Waals surface area (Å²) >= 11 is 1.22. The molecule has 0 aliphatic carbocycles. The van der Waals surface area contributed by atoms with Crippen molar-refractivity contribution >= 4 is 33.3 Å². The second-order valence-electron chi connectivity index (χ2n) is 4.10. The summed E-state index contributed by atoms with van der Waals surface area (Å²) in [6.07, 6.45) is 4.69. The van der Waals surface area contributed by atoms with Gasteiger partial charge in [0.25, 0.3) is 5.91 Å². The molecule has 0 atom stereocenters. The molecule has 3 aromatic heterocycles. The molecule has 0 aromatic carbocycles. The fourth-order valence-corrected chi connectivity index (χ4v) is 2.66. The highest BCUT2D eigenvalue weighted by molar-refractivity contribution is 7.21. The third kappa shape index (κ3) is 2.07. The number of carbonyl (C=O) groups excluding carboxylic acids is 1. The Morgan fingerprint density at radius 2 is 2.25 bits per heavy atom. The van der Waals surface area contributed by atoms with Crippen LogP contribution in [-0.2, 0) is 13.6 Å². The molecule has 0 aliphatic rings. The average Bonchev–Trinajstić information content (AvgIpc) is 3.01. The summed E-state index contributed by atoms with van der Waals surface area (Å²) in [7, 11) is 1.81. The Hall–Kier alpha value is -2.55. The first-order chi connectivity index (χ1) is 9.66. The van der Waals surface area contributed by atoms with Gasteiger partial charge in [-0.15, -0.1) is 21.5 Å². The minimum atomic E-state index is -0.268. The van der Waals surface area contributed by atoms with E-state index in [4.69, 9.17) is 5.73 Å². The van der Waals surface area contributed by atoms with Gasteiger partial charge in [0.05, 0.1) is 12.2 Å². The lowest BCUT2D eigenvalue weighted by Gasteiger charge is -2.03. The van der Waals surface area contributed by atoms with Gasteiger partial charge in [0.15, 0.2) is 5.82 Å². The van der Waals surface area contributed by atoms with Crippen molar-refractivity contribution in [1.29, 1.82) is 0 Å². The Bertz CT molecular complexity index is 778. The van der Waals surface area contributed by atoms with E-state index >= 15 is 0 Å². The molecule has 8 nitrogen and oxygen atoms in total. The number of rotatable bonds is 3. The molecule has 0 radical (unpaired) electrons. The van der Waals surface area contributed by atoms with E-state index in [-0.39, 0.29) is 12.5 Å². The van der Waals surface area contributed by atoms with Crippen molar-refractivity contribution in [1.82, 2.24) is 30.0 Å². The lowest BCUT2D eigenvalue weighted by molar-refractivity contribution is 0.0954.